The van der Waals surface area contributed by atoms with Crippen molar-refractivity contribution in [2.75, 3.05) is 32.6 Å². The van der Waals surface area contributed by atoms with Gasteiger partial charge in [0, 0.05) is 39.0 Å². The Balaban J connectivity index is 0.00000625. The van der Waals surface area contributed by atoms with Crippen LogP contribution in [-0.2, 0) is 11.3 Å². The highest BCUT2D eigenvalue weighted by Gasteiger charge is 2.06. The topological polar surface area (TPSA) is 57.7 Å². The van der Waals surface area contributed by atoms with Gasteiger partial charge >= 0.3 is 0 Å². The average Bonchev–Trinajstić information content (AvgIpc) is 2.59. The third-order valence-corrected chi connectivity index (χ3v) is 4.07. The summed E-state index contributed by atoms with van der Waals surface area (Å²) >= 11 is 0. The summed E-state index contributed by atoms with van der Waals surface area (Å²) in [6, 6.07) is 8.87. The predicted molar refractivity (Wildman–Crippen MR) is 124 cm³/mol. The number of anilines is 1. The van der Waals surface area contributed by atoms with Crippen LogP contribution in [0.4, 0.5) is 5.69 Å². The van der Waals surface area contributed by atoms with Crippen LogP contribution in [-0.4, -0.2) is 39.3 Å². The van der Waals surface area contributed by atoms with Crippen LogP contribution in [0.1, 0.15) is 45.6 Å². The first kappa shape index (κ1) is 25.0. The summed E-state index contributed by atoms with van der Waals surface area (Å²) in [6.07, 6.45) is 3.70. The number of halogens is 1. The number of rotatable bonds is 11. The lowest BCUT2D eigenvalue weighted by atomic mass is 10.0. The van der Waals surface area contributed by atoms with Crippen LogP contribution in [0.3, 0.4) is 0 Å². The minimum atomic E-state index is 0. The molecule has 0 spiro atoms. The van der Waals surface area contributed by atoms with Crippen LogP contribution in [0.15, 0.2) is 29.3 Å². The molecule has 1 aromatic rings. The Labute approximate surface area is 176 Å². The Morgan fingerprint density at radius 1 is 1.12 bits per heavy atom. The van der Waals surface area contributed by atoms with Gasteiger partial charge in [-0.3, -0.25) is 4.99 Å². The summed E-state index contributed by atoms with van der Waals surface area (Å²) in [5.74, 6) is 1.64. The quantitative estimate of drug-likeness (QED) is 0.194. The Bertz CT molecular complexity index is 491. The predicted octanol–water partition coefficient (Wildman–Crippen LogP) is 4.24. The fourth-order valence-electron chi connectivity index (χ4n) is 2.56. The fraction of sp³-hybridized carbons (Fsp3) is 0.650. The zero-order valence-electron chi connectivity index (χ0n) is 17.0. The highest BCUT2D eigenvalue weighted by Crippen LogP contribution is 2.10. The van der Waals surface area contributed by atoms with Crippen molar-refractivity contribution in [1.29, 1.82) is 0 Å². The summed E-state index contributed by atoms with van der Waals surface area (Å²) in [4.78, 5) is 4.32. The number of hydrogen-bond donors (Lipinski definition) is 3. The molecule has 0 bridgehead atoms. The second-order valence-electron chi connectivity index (χ2n) is 6.91. The van der Waals surface area contributed by atoms with E-state index in [0.29, 0.717) is 12.6 Å². The molecule has 0 heterocycles. The molecule has 0 saturated heterocycles. The minimum Gasteiger partial charge on any atom is -0.383 e. The lowest BCUT2D eigenvalue weighted by Crippen LogP contribution is -2.41. The Kier molecular flexibility index (Phi) is 14.5. The fourth-order valence-corrected chi connectivity index (χ4v) is 2.56. The molecule has 0 amide bonds. The van der Waals surface area contributed by atoms with E-state index in [0.717, 1.165) is 30.7 Å². The van der Waals surface area contributed by atoms with Gasteiger partial charge in [-0.2, -0.15) is 0 Å². The molecule has 1 rings (SSSR count). The summed E-state index contributed by atoms with van der Waals surface area (Å²) in [6.45, 7) is 9.05. The summed E-state index contributed by atoms with van der Waals surface area (Å²) in [5.41, 5.74) is 2.34. The van der Waals surface area contributed by atoms with Crippen LogP contribution >= 0.6 is 24.0 Å². The maximum Gasteiger partial charge on any atom is 0.191 e. The van der Waals surface area contributed by atoms with Crippen LogP contribution in [0.2, 0.25) is 0 Å². The van der Waals surface area contributed by atoms with Crippen molar-refractivity contribution in [3.05, 3.63) is 29.8 Å². The summed E-state index contributed by atoms with van der Waals surface area (Å²) < 4.78 is 5.04. The van der Waals surface area contributed by atoms with Gasteiger partial charge in [0.05, 0.1) is 6.61 Å². The van der Waals surface area contributed by atoms with Crippen molar-refractivity contribution in [2.45, 2.75) is 52.6 Å². The monoisotopic (exact) mass is 476 g/mol. The van der Waals surface area contributed by atoms with E-state index in [1.54, 1.807) is 7.11 Å². The van der Waals surface area contributed by atoms with E-state index in [2.05, 4.69) is 66.0 Å². The van der Waals surface area contributed by atoms with E-state index in [9.17, 15) is 0 Å². The first-order chi connectivity index (χ1) is 12.0. The van der Waals surface area contributed by atoms with Crippen molar-refractivity contribution in [3.8, 4) is 0 Å². The number of hydrogen-bond acceptors (Lipinski definition) is 3. The van der Waals surface area contributed by atoms with Gasteiger partial charge in [0.25, 0.3) is 0 Å². The molecule has 0 fully saturated rings. The molecule has 6 heteroatoms. The van der Waals surface area contributed by atoms with Gasteiger partial charge in [0.1, 0.15) is 0 Å². The van der Waals surface area contributed by atoms with Crippen LogP contribution < -0.4 is 16.0 Å². The van der Waals surface area contributed by atoms with Gasteiger partial charge < -0.3 is 20.7 Å². The summed E-state index contributed by atoms with van der Waals surface area (Å²) in [5, 5.41) is 10.2. The van der Waals surface area contributed by atoms with Gasteiger partial charge in [-0.1, -0.05) is 38.8 Å². The molecule has 0 aliphatic rings. The van der Waals surface area contributed by atoms with Crippen molar-refractivity contribution >= 4 is 35.6 Å². The maximum atomic E-state index is 5.04. The molecule has 0 aliphatic heterocycles. The van der Waals surface area contributed by atoms with Crippen LogP contribution in [0.5, 0.6) is 0 Å². The number of guanidine groups is 1. The molecule has 0 aliphatic carbocycles. The lowest BCUT2D eigenvalue weighted by molar-refractivity contribution is 0.211. The molecule has 3 N–H and O–H groups in total. The number of benzene rings is 1. The van der Waals surface area contributed by atoms with Crippen LogP contribution in [0, 0.1) is 5.92 Å². The van der Waals surface area contributed by atoms with E-state index in [-0.39, 0.29) is 24.0 Å². The lowest BCUT2D eigenvalue weighted by Gasteiger charge is -2.18. The Morgan fingerprint density at radius 2 is 1.81 bits per heavy atom. The van der Waals surface area contributed by atoms with Crippen molar-refractivity contribution in [2.24, 2.45) is 10.9 Å². The number of nitrogens with one attached hydrogen (secondary N) is 3. The van der Waals surface area contributed by atoms with E-state index < -0.39 is 0 Å². The Hall–Kier alpha value is -1.02. The molecule has 0 radical (unpaired) electrons. The molecule has 0 saturated carbocycles. The standard InChI is InChI=1S/C20H36N4O.HI/c1-16(2)7-6-8-17(3)24-20(21-4)23-15-18-9-11-19(12-10-18)22-13-14-25-5;/h9-12,16-17,22H,6-8,13-15H2,1-5H3,(H2,21,23,24);1H. The van der Waals surface area contributed by atoms with E-state index >= 15 is 0 Å². The van der Waals surface area contributed by atoms with Gasteiger partial charge in [0.15, 0.2) is 5.96 Å². The van der Waals surface area contributed by atoms with Crippen molar-refractivity contribution < 1.29 is 4.74 Å². The average molecular weight is 476 g/mol. The number of ether oxygens (including phenoxy) is 1. The van der Waals surface area contributed by atoms with Gasteiger partial charge in [-0.15, -0.1) is 24.0 Å². The molecule has 0 aromatic heterocycles. The SMILES string of the molecule is CN=C(NCc1ccc(NCCOC)cc1)NC(C)CCCC(C)C.I. The highest BCUT2D eigenvalue weighted by molar-refractivity contribution is 14.0. The second kappa shape index (κ2) is 15.1. The minimum absolute atomic E-state index is 0. The number of methoxy groups -OCH3 is 1. The molecule has 150 valence electrons. The van der Waals surface area contributed by atoms with E-state index in [1.165, 1.54) is 24.8 Å². The summed E-state index contributed by atoms with van der Waals surface area (Å²) in [7, 11) is 3.53. The number of nitrogens with zero attached hydrogens (tertiary/aromatic N) is 1. The highest BCUT2D eigenvalue weighted by atomic mass is 127. The first-order valence-corrected chi connectivity index (χ1v) is 9.34. The van der Waals surface area contributed by atoms with Gasteiger partial charge in [0.2, 0.25) is 0 Å². The molecule has 1 unspecified atom stereocenters. The van der Waals surface area contributed by atoms with Gasteiger partial charge in [-0.05, 0) is 37.0 Å². The Morgan fingerprint density at radius 3 is 2.38 bits per heavy atom. The van der Waals surface area contributed by atoms with E-state index in [4.69, 9.17) is 4.74 Å². The number of aliphatic imine (C=N–C) groups is 1. The van der Waals surface area contributed by atoms with Crippen molar-refractivity contribution in [1.82, 2.24) is 10.6 Å². The maximum absolute atomic E-state index is 5.04. The third-order valence-electron chi connectivity index (χ3n) is 4.07. The van der Waals surface area contributed by atoms with Gasteiger partial charge in [-0.25, -0.2) is 0 Å². The zero-order chi connectivity index (χ0) is 18.5. The van der Waals surface area contributed by atoms with Crippen LogP contribution in [0.25, 0.3) is 0 Å². The normalized spacial score (nSPS) is 12.5. The second-order valence-corrected chi connectivity index (χ2v) is 6.91. The first-order valence-electron chi connectivity index (χ1n) is 9.34. The molecule has 5 nitrogen and oxygen atoms in total. The molecular weight excluding hydrogens is 439 g/mol. The largest absolute Gasteiger partial charge is 0.383 e. The van der Waals surface area contributed by atoms with E-state index in [1.807, 2.05) is 7.05 Å². The molecule has 1 atom stereocenters. The van der Waals surface area contributed by atoms with Crippen molar-refractivity contribution in [3.63, 3.8) is 0 Å². The smallest absolute Gasteiger partial charge is 0.191 e. The molecule has 26 heavy (non-hydrogen) atoms. The molecule has 1 aromatic carbocycles. The zero-order valence-corrected chi connectivity index (χ0v) is 19.3. The third kappa shape index (κ3) is 11.6. The molecular formula is C20H37IN4O.